The van der Waals surface area contributed by atoms with E-state index in [-0.39, 0.29) is 11.4 Å². The molecule has 0 spiro atoms. The van der Waals surface area contributed by atoms with Crippen LogP contribution < -0.4 is 15.1 Å². The fourth-order valence-corrected chi connectivity index (χ4v) is 2.26. The Kier molecular flexibility index (Phi) is 2.88. The molecule has 3 saturated heterocycles. The molecule has 19 heavy (non-hydrogen) atoms. The molecule has 2 bridgehead atoms. The molecule has 4 heterocycles. The molecule has 0 aliphatic carbocycles. The van der Waals surface area contributed by atoms with Crippen LogP contribution in [0.4, 0.5) is 0 Å². The Morgan fingerprint density at radius 1 is 1.11 bits per heavy atom. The Balaban J connectivity index is 1.97. The number of hydrogen-bond acceptors (Lipinski definition) is 7. The number of aromatic nitrogens is 2. The van der Waals surface area contributed by atoms with E-state index >= 15 is 0 Å². The van der Waals surface area contributed by atoms with Crippen LogP contribution in [0.15, 0.2) is 6.07 Å². The SMILES string of the molecule is COc1cc([B-]23OCC(C)(CO2)CO3)nc(OC)n1. The molecule has 7 nitrogen and oxygen atoms in total. The minimum absolute atomic E-state index is 0.0787. The summed E-state index contributed by atoms with van der Waals surface area (Å²) in [6.45, 7) is 1.80. The summed E-state index contributed by atoms with van der Waals surface area (Å²) in [5.74, 6) is 0.382. The van der Waals surface area contributed by atoms with Gasteiger partial charge in [0.15, 0.2) is 0 Å². The Morgan fingerprint density at radius 3 is 2.26 bits per heavy atom. The van der Waals surface area contributed by atoms with Gasteiger partial charge < -0.3 is 23.4 Å². The van der Waals surface area contributed by atoms with Crippen molar-refractivity contribution in [3.63, 3.8) is 0 Å². The smallest absolute Gasteiger partial charge is 0.428 e. The van der Waals surface area contributed by atoms with Crippen molar-refractivity contribution < 1.29 is 23.4 Å². The predicted octanol–water partition coefficient (Wildman–Crippen LogP) is -0.277. The number of hydrogen-bond donors (Lipinski definition) is 0. The first-order valence-electron chi connectivity index (χ1n) is 6.12. The van der Waals surface area contributed by atoms with E-state index < -0.39 is 6.75 Å². The summed E-state index contributed by atoms with van der Waals surface area (Å²) in [6.07, 6.45) is 0. The van der Waals surface area contributed by atoms with Crippen LogP contribution in [0.2, 0.25) is 0 Å². The lowest BCUT2D eigenvalue weighted by Crippen LogP contribution is -2.69. The Morgan fingerprint density at radius 2 is 1.74 bits per heavy atom. The lowest BCUT2D eigenvalue weighted by molar-refractivity contribution is -0.119. The summed E-state index contributed by atoms with van der Waals surface area (Å²) in [7, 11) is 3.02. The van der Waals surface area contributed by atoms with Crippen LogP contribution in [0.5, 0.6) is 11.9 Å². The fraction of sp³-hybridized carbons (Fsp3) is 0.636. The Labute approximate surface area is 111 Å². The summed E-state index contributed by atoms with van der Waals surface area (Å²) >= 11 is 0. The van der Waals surface area contributed by atoms with Crippen LogP contribution in [0.3, 0.4) is 0 Å². The van der Waals surface area contributed by atoms with E-state index in [1.54, 1.807) is 6.07 Å². The molecule has 0 saturated carbocycles. The first-order chi connectivity index (χ1) is 9.09. The molecule has 0 amide bonds. The van der Waals surface area contributed by atoms with E-state index in [0.717, 1.165) is 0 Å². The van der Waals surface area contributed by atoms with Gasteiger partial charge in [-0.2, -0.15) is 4.98 Å². The number of nitrogens with zero attached hydrogens (tertiary/aromatic N) is 2. The maximum atomic E-state index is 5.77. The zero-order valence-corrected chi connectivity index (χ0v) is 11.2. The van der Waals surface area contributed by atoms with Crippen molar-refractivity contribution in [3.8, 4) is 11.9 Å². The first-order valence-corrected chi connectivity index (χ1v) is 6.12. The molecule has 0 unspecified atom stereocenters. The molecular formula is C11H16BN2O5-. The van der Waals surface area contributed by atoms with Gasteiger partial charge in [0, 0.05) is 25.2 Å². The second-order valence-electron chi connectivity index (χ2n) is 5.21. The second-order valence-corrected chi connectivity index (χ2v) is 5.21. The van der Waals surface area contributed by atoms with Gasteiger partial charge >= 0.3 is 12.8 Å². The van der Waals surface area contributed by atoms with Crippen LogP contribution in [-0.2, 0) is 14.0 Å². The van der Waals surface area contributed by atoms with Gasteiger partial charge in [-0.3, -0.25) is 0 Å². The first kappa shape index (κ1) is 12.6. The van der Waals surface area contributed by atoms with Gasteiger partial charge in [0.2, 0.25) is 5.88 Å². The van der Waals surface area contributed by atoms with Crippen molar-refractivity contribution in [1.82, 2.24) is 9.97 Å². The molecule has 0 N–H and O–H groups in total. The maximum absolute atomic E-state index is 5.77. The van der Waals surface area contributed by atoms with E-state index in [1.807, 2.05) is 0 Å². The van der Waals surface area contributed by atoms with E-state index in [2.05, 4.69) is 16.9 Å². The van der Waals surface area contributed by atoms with Crippen molar-refractivity contribution in [2.24, 2.45) is 5.41 Å². The molecule has 8 heteroatoms. The third-order valence-electron chi connectivity index (χ3n) is 3.41. The molecular weight excluding hydrogens is 251 g/mol. The number of fused-ring (bicyclic) bond motifs is 3. The number of rotatable bonds is 3. The van der Waals surface area contributed by atoms with E-state index in [9.17, 15) is 0 Å². The van der Waals surface area contributed by atoms with E-state index in [0.29, 0.717) is 31.3 Å². The van der Waals surface area contributed by atoms with Crippen LogP contribution in [0, 0.1) is 5.41 Å². The van der Waals surface area contributed by atoms with Crippen molar-refractivity contribution in [2.45, 2.75) is 6.92 Å². The number of ether oxygens (including phenoxy) is 2. The van der Waals surface area contributed by atoms with Gasteiger partial charge in [-0.1, -0.05) is 6.92 Å². The summed E-state index contributed by atoms with van der Waals surface area (Å²) in [6, 6.07) is 1.84. The predicted molar refractivity (Wildman–Crippen MR) is 66.5 cm³/mol. The molecule has 3 fully saturated rings. The maximum Gasteiger partial charge on any atom is 0.428 e. The monoisotopic (exact) mass is 267 g/mol. The van der Waals surface area contributed by atoms with Gasteiger partial charge in [0.25, 0.3) is 0 Å². The van der Waals surface area contributed by atoms with Crippen molar-refractivity contribution in [1.29, 1.82) is 0 Å². The summed E-state index contributed by atoms with van der Waals surface area (Å²) in [5.41, 5.74) is 0.426. The molecule has 3 aliphatic heterocycles. The normalized spacial score (nSPS) is 33.2. The lowest BCUT2D eigenvalue weighted by Gasteiger charge is -2.57. The second kappa shape index (κ2) is 4.33. The third-order valence-corrected chi connectivity index (χ3v) is 3.41. The lowest BCUT2D eigenvalue weighted by atomic mass is 9.67. The Bertz CT molecular complexity index is 451. The molecule has 0 radical (unpaired) electrons. The number of methoxy groups -OCH3 is 2. The zero-order valence-electron chi connectivity index (χ0n) is 11.2. The van der Waals surface area contributed by atoms with E-state index in [1.165, 1.54) is 14.2 Å². The molecule has 104 valence electrons. The average Bonchev–Trinajstić information content (AvgIpc) is 2.48. The highest BCUT2D eigenvalue weighted by Gasteiger charge is 2.48. The molecule has 1 aromatic rings. The summed E-state index contributed by atoms with van der Waals surface area (Å²) in [5, 5.41) is 0. The molecule has 0 aromatic carbocycles. The topological polar surface area (TPSA) is 71.9 Å². The van der Waals surface area contributed by atoms with Gasteiger partial charge in [0.05, 0.1) is 14.2 Å². The minimum Gasteiger partial charge on any atom is -0.539 e. The standard InChI is InChI=1S/C11H16BN2O5/c1-11-5-17-12(18-6-11,19-7-11)8-4-9(15-2)14-10(13-8)16-3/h4H,5-7H2,1-3H3/q-1. The molecule has 0 atom stereocenters. The van der Waals surface area contributed by atoms with E-state index in [4.69, 9.17) is 23.4 Å². The minimum atomic E-state index is -2.02. The highest BCUT2D eigenvalue weighted by Crippen LogP contribution is 2.35. The highest BCUT2D eigenvalue weighted by atomic mass is 16.8. The van der Waals surface area contributed by atoms with Gasteiger partial charge in [0.1, 0.15) is 0 Å². The third kappa shape index (κ3) is 2.05. The van der Waals surface area contributed by atoms with Crippen molar-refractivity contribution in [3.05, 3.63) is 6.07 Å². The molecule has 4 rings (SSSR count). The molecule has 1 aromatic heterocycles. The summed E-state index contributed by atoms with van der Waals surface area (Å²) in [4.78, 5) is 8.30. The van der Waals surface area contributed by atoms with Gasteiger partial charge in [-0.25, -0.2) is 4.98 Å². The molecule has 3 aliphatic rings. The van der Waals surface area contributed by atoms with Crippen LogP contribution in [0.1, 0.15) is 6.92 Å². The van der Waals surface area contributed by atoms with Crippen LogP contribution in [-0.4, -0.2) is 50.8 Å². The van der Waals surface area contributed by atoms with Gasteiger partial charge in [-0.15, -0.1) is 0 Å². The zero-order chi connectivity index (χ0) is 13.5. The van der Waals surface area contributed by atoms with Crippen molar-refractivity contribution in [2.75, 3.05) is 34.0 Å². The van der Waals surface area contributed by atoms with Gasteiger partial charge in [-0.05, 0) is 11.7 Å². The summed E-state index contributed by atoms with van der Waals surface area (Å²) < 4.78 is 27.5. The van der Waals surface area contributed by atoms with Crippen LogP contribution >= 0.6 is 0 Å². The largest absolute Gasteiger partial charge is 0.539 e. The van der Waals surface area contributed by atoms with Crippen molar-refractivity contribution >= 4 is 12.3 Å². The Hall–Kier alpha value is -1.38. The highest BCUT2D eigenvalue weighted by molar-refractivity contribution is 6.75. The average molecular weight is 267 g/mol. The van der Waals surface area contributed by atoms with Crippen LogP contribution in [0.25, 0.3) is 0 Å². The quantitative estimate of drug-likeness (QED) is 0.697. The fourth-order valence-electron chi connectivity index (χ4n) is 2.26.